The Bertz CT molecular complexity index is 541. The molecule has 0 radical (unpaired) electrons. The molecule has 4 rings (SSSR count). The van der Waals surface area contributed by atoms with Gasteiger partial charge in [0.1, 0.15) is 5.75 Å². The van der Waals surface area contributed by atoms with E-state index in [9.17, 15) is 15.0 Å². The summed E-state index contributed by atoms with van der Waals surface area (Å²) >= 11 is 0. The number of amides is 1. The van der Waals surface area contributed by atoms with Crippen LogP contribution in [0, 0.1) is 11.3 Å². The second-order valence-corrected chi connectivity index (χ2v) is 6.93. The first-order valence-electron chi connectivity index (χ1n) is 7.40. The molecule has 2 atom stereocenters. The highest BCUT2D eigenvalue weighted by molar-refractivity contribution is 5.65. The molecule has 3 aliphatic rings. The molecule has 3 fully saturated rings. The van der Waals surface area contributed by atoms with E-state index in [1.54, 1.807) is 17.0 Å². The zero-order valence-corrected chi connectivity index (χ0v) is 12.5. The minimum Gasteiger partial charge on any atom is -0.508 e. The van der Waals surface area contributed by atoms with Gasteiger partial charge in [-0.25, -0.2) is 4.79 Å². The summed E-state index contributed by atoms with van der Waals surface area (Å²) in [7, 11) is 0. The molecule has 114 valence electrons. The topological polar surface area (TPSA) is 64.0 Å². The van der Waals surface area contributed by atoms with Crippen LogP contribution < -0.4 is 4.90 Å². The molecule has 0 saturated carbocycles. The van der Waals surface area contributed by atoms with E-state index in [4.69, 9.17) is 0 Å². The summed E-state index contributed by atoms with van der Waals surface area (Å²) in [6, 6.07) is 7.37. The minimum atomic E-state index is -0.824. The molecule has 1 aromatic rings. The molecule has 2 bridgehead atoms. The second kappa shape index (κ2) is 4.83. The molecule has 0 spiro atoms. The normalized spacial score (nSPS) is 27.5. The number of nitrogens with zero attached hydrogens (tertiary/aromatic N) is 2. The van der Waals surface area contributed by atoms with Gasteiger partial charge in [-0.15, -0.1) is 0 Å². The number of phenolic OH excluding ortho intramolecular Hbond substituents is 1. The lowest BCUT2D eigenvalue weighted by molar-refractivity contribution is 0.142. The van der Waals surface area contributed by atoms with Crippen LogP contribution in [0.1, 0.15) is 20.3 Å². The molecular weight excluding hydrogens is 268 g/mol. The van der Waals surface area contributed by atoms with Gasteiger partial charge in [-0.05, 0) is 42.0 Å². The van der Waals surface area contributed by atoms with Crippen molar-refractivity contribution < 1.29 is 15.0 Å². The van der Waals surface area contributed by atoms with E-state index in [1.807, 2.05) is 12.1 Å². The average Bonchev–Trinajstić information content (AvgIpc) is 2.66. The molecule has 21 heavy (non-hydrogen) atoms. The number of phenols is 1. The maximum atomic E-state index is 11.4. The van der Waals surface area contributed by atoms with Crippen LogP contribution in [-0.2, 0) is 0 Å². The van der Waals surface area contributed by atoms with Crippen molar-refractivity contribution in [1.29, 1.82) is 0 Å². The van der Waals surface area contributed by atoms with Crippen LogP contribution in [0.2, 0.25) is 0 Å². The number of aromatic hydroxyl groups is 1. The molecule has 2 N–H and O–H groups in total. The zero-order valence-electron chi connectivity index (χ0n) is 12.5. The van der Waals surface area contributed by atoms with E-state index in [1.165, 1.54) is 0 Å². The third kappa shape index (κ3) is 2.52. The van der Waals surface area contributed by atoms with Gasteiger partial charge in [0.2, 0.25) is 0 Å². The van der Waals surface area contributed by atoms with Crippen molar-refractivity contribution in [2.24, 2.45) is 11.3 Å². The van der Waals surface area contributed by atoms with Crippen LogP contribution in [0.25, 0.3) is 0 Å². The van der Waals surface area contributed by atoms with Crippen LogP contribution in [0.3, 0.4) is 0 Å². The maximum absolute atomic E-state index is 11.4. The fourth-order valence-electron chi connectivity index (χ4n) is 3.92. The predicted molar refractivity (Wildman–Crippen MR) is 80.7 cm³/mol. The maximum Gasteiger partial charge on any atom is 0.407 e. The monoisotopic (exact) mass is 290 g/mol. The summed E-state index contributed by atoms with van der Waals surface area (Å²) in [6.45, 7) is 6.48. The molecule has 3 saturated heterocycles. The first-order chi connectivity index (χ1) is 9.87. The van der Waals surface area contributed by atoms with Crippen LogP contribution >= 0.6 is 0 Å². The van der Waals surface area contributed by atoms with Crippen molar-refractivity contribution in [3.05, 3.63) is 24.3 Å². The fourth-order valence-corrected chi connectivity index (χ4v) is 3.92. The van der Waals surface area contributed by atoms with Crippen molar-refractivity contribution in [1.82, 2.24) is 4.90 Å². The fraction of sp³-hybridized carbons (Fsp3) is 0.562. The van der Waals surface area contributed by atoms with Crippen molar-refractivity contribution in [2.45, 2.75) is 26.3 Å². The summed E-state index contributed by atoms with van der Waals surface area (Å²) in [5.74, 6) is 0.605. The highest BCUT2D eigenvalue weighted by Crippen LogP contribution is 2.43. The molecule has 0 aliphatic carbocycles. The van der Waals surface area contributed by atoms with E-state index in [0.29, 0.717) is 19.0 Å². The van der Waals surface area contributed by atoms with Crippen LogP contribution in [0.4, 0.5) is 10.5 Å². The lowest BCUT2D eigenvalue weighted by Gasteiger charge is -2.48. The Labute approximate surface area is 124 Å². The third-order valence-corrected chi connectivity index (χ3v) is 4.87. The molecule has 1 aromatic carbocycles. The Balaban J connectivity index is 1.95. The van der Waals surface area contributed by atoms with E-state index < -0.39 is 6.09 Å². The second-order valence-electron chi connectivity index (χ2n) is 6.93. The Kier molecular flexibility index (Phi) is 3.23. The first-order valence-corrected chi connectivity index (χ1v) is 7.40. The molecule has 0 unspecified atom stereocenters. The summed E-state index contributed by atoms with van der Waals surface area (Å²) < 4.78 is 0. The van der Waals surface area contributed by atoms with Gasteiger partial charge >= 0.3 is 6.09 Å². The smallest absolute Gasteiger partial charge is 0.407 e. The standard InChI is InChI=1S/C16H22N2O3/c1-16(2)7-11-8-17(15(20)21)10-14(16)18(9-11)12-3-5-13(19)6-4-12/h3-6,11,14,19H,7-10H2,1-2H3,(H,20,21)/t11-,14-/m1/s1. The molecule has 5 heteroatoms. The highest BCUT2D eigenvalue weighted by atomic mass is 16.4. The number of rotatable bonds is 1. The van der Waals surface area contributed by atoms with Gasteiger partial charge in [0.25, 0.3) is 0 Å². The van der Waals surface area contributed by atoms with Gasteiger partial charge in [0.05, 0.1) is 6.04 Å². The van der Waals surface area contributed by atoms with Gasteiger partial charge in [0.15, 0.2) is 0 Å². The van der Waals surface area contributed by atoms with Crippen LogP contribution in [0.5, 0.6) is 5.75 Å². The van der Waals surface area contributed by atoms with Gasteiger partial charge in [-0.2, -0.15) is 0 Å². The Morgan fingerprint density at radius 3 is 2.48 bits per heavy atom. The van der Waals surface area contributed by atoms with E-state index in [-0.39, 0.29) is 17.2 Å². The summed E-state index contributed by atoms with van der Waals surface area (Å²) in [5, 5.41) is 18.8. The van der Waals surface area contributed by atoms with Crippen LogP contribution in [0.15, 0.2) is 24.3 Å². The SMILES string of the molecule is CC1(C)C[C@@H]2CN(C(=O)O)C[C@H]1N(c1ccc(O)cc1)C2. The Morgan fingerprint density at radius 1 is 1.19 bits per heavy atom. The highest BCUT2D eigenvalue weighted by Gasteiger charge is 2.46. The van der Waals surface area contributed by atoms with E-state index in [0.717, 1.165) is 18.7 Å². The lowest BCUT2D eigenvalue weighted by Crippen LogP contribution is -2.54. The number of hydrogen-bond acceptors (Lipinski definition) is 3. The number of hydrogen-bond donors (Lipinski definition) is 2. The Hall–Kier alpha value is -1.91. The van der Waals surface area contributed by atoms with Gasteiger partial charge in [-0.1, -0.05) is 13.8 Å². The number of carboxylic acid groups (broad SMARTS) is 1. The quantitative estimate of drug-likeness (QED) is 0.834. The number of benzene rings is 1. The average molecular weight is 290 g/mol. The third-order valence-electron chi connectivity index (χ3n) is 4.87. The van der Waals surface area contributed by atoms with Gasteiger partial charge in [-0.3, -0.25) is 0 Å². The predicted octanol–water partition coefficient (Wildman–Crippen LogP) is 2.61. The molecule has 3 heterocycles. The molecular formula is C16H22N2O3. The minimum absolute atomic E-state index is 0.0744. The van der Waals surface area contributed by atoms with Crippen molar-refractivity contribution in [2.75, 3.05) is 24.5 Å². The molecule has 3 aliphatic heterocycles. The molecule has 1 amide bonds. The van der Waals surface area contributed by atoms with E-state index in [2.05, 4.69) is 18.7 Å². The van der Waals surface area contributed by atoms with Crippen molar-refractivity contribution in [3.8, 4) is 5.75 Å². The molecule has 5 nitrogen and oxygen atoms in total. The summed E-state index contributed by atoms with van der Waals surface area (Å²) in [6.07, 6.45) is 0.228. The van der Waals surface area contributed by atoms with E-state index >= 15 is 0 Å². The number of piperidine rings is 1. The largest absolute Gasteiger partial charge is 0.508 e. The lowest BCUT2D eigenvalue weighted by atomic mass is 9.73. The number of carbonyl (C=O) groups is 1. The van der Waals surface area contributed by atoms with Crippen LogP contribution in [-0.4, -0.2) is 46.9 Å². The number of anilines is 1. The zero-order chi connectivity index (χ0) is 15.2. The summed E-state index contributed by atoms with van der Waals surface area (Å²) in [5.41, 5.74) is 1.13. The Morgan fingerprint density at radius 2 is 1.86 bits per heavy atom. The van der Waals surface area contributed by atoms with Crippen molar-refractivity contribution in [3.63, 3.8) is 0 Å². The first kappa shape index (κ1) is 14.0. The number of fused-ring (bicyclic) bond motifs is 4. The summed E-state index contributed by atoms with van der Waals surface area (Å²) in [4.78, 5) is 15.3. The van der Waals surface area contributed by atoms with Gasteiger partial charge < -0.3 is 20.0 Å². The van der Waals surface area contributed by atoms with Crippen molar-refractivity contribution >= 4 is 11.8 Å². The van der Waals surface area contributed by atoms with Gasteiger partial charge in [0, 0.05) is 25.3 Å². The molecule has 0 aromatic heterocycles.